The van der Waals surface area contributed by atoms with Gasteiger partial charge < -0.3 is 9.88 Å². The maximum Gasteiger partial charge on any atom is 0.243 e. The average molecular weight is 473 g/mol. The number of carbonyl (C=O) groups excluding carboxylic acids is 1. The van der Waals surface area contributed by atoms with Gasteiger partial charge in [-0.3, -0.25) is 4.79 Å². The summed E-state index contributed by atoms with van der Waals surface area (Å²) >= 11 is 5.86. The standard InChI is InChI=1S/C23H25ClN4O3S/c1-17-25-12-15-28(17)22-5-3-2-4-19(22)16-26-23(29)18-10-13-27(14-11-18)32(30,31)21-8-6-20(24)7-9-21/h2-9,12,15,18H,10-11,13-14,16H2,1H3,(H,26,29). The molecule has 1 aromatic heterocycles. The smallest absolute Gasteiger partial charge is 0.243 e. The average Bonchev–Trinajstić information content (AvgIpc) is 3.23. The van der Waals surface area contributed by atoms with Gasteiger partial charge in [0.2, 0.25) is 15.9 Å². The summed E-state index contributed by atoms with van der Waals surface area (Å²) in [5, 5.41) is 3.52. The number of amides is 1. The molecule has 0 spiro atoms. The van der Waals surface area contributed by atoms with Crippen LogP contribution in [0.25, 0.3) is 5.69 Å². The maximum atomic E-state index is 12.8. The van der Waals surface area contributed by atoms with Crippen molar-refractivity contribution in [3.05, 3.63) is 77.3 Å². The number of aryl methyl sites for hydroxylation is 1. The quantitative estimate of drug-likeness (QED) is 0.594. The summed E-state index contributed by atoms with van der Waals surface area (Å²) in [5.74, 6) is 0.609. The Morgan fingerprint density at radius 1 is 1.12 bits per heavy atom. The lowest BCUT2D eigenvalue weighted by Crippen LogP contribution is -2.42. The molecule has 0 atom stereocenters. The number of halogens is 1. The minimum atomic E-state index is -3.58. The van der Waals surface area contributed by atoms with Crippen LogP contribution in [0.2, 0.25) is 5.02 Å². The van der Waals surface area contributed by atoms with Crippen LogP contribution >= 0.6 is 11.6 Å². The molecular weight excluding hydrogens is 448 g/mol. The first-order chi connectivity index (χ1) is 15.4. The highest BCUT2D eigenvalue weighted by Gasteiger charge is 2.32. The van der Waals surface area contributed by atoms with Crippen molar-refractivity contribution in [2.75, 3.05) is 13.1 Å². The van der Waals surface area contributed by atoms with Crippen molar-refractivity contribution in [2.45, 2.75) is 31.2 Å². The Morgan fingerprint density at radius 2 is 1.81 bits per heavy atom. The number of hydrogen-bond acceptors (Lipinski definition) is 4. The maximum absolute atomic E-state index is 12.8. The van der Waals surface area contributed by atoms with Crippen LogP contribution in [0.1, 0.15) is 24.2 Å². The van der Waals surface area contributed by atoms with Gasteiger partial charge in [-0.2, -0.15) is 4.31 Å². The van der Waals surface area contributed by atoms with Crippen LogP contribution in [0.15, 0.2) is 65.8 Å². The molecule has 0 saturated carbocycles. The molecule has 168 valence electrons. The molecule has 0 radical (unpaired) electrons. The minimum Gasteiger partial charge on any atom is -0.352 e. The highest BCUT2D eigenvalue weighted by Crippen LogP contribution is 2.25. The van der Waals surface area contributed by atoms with Crippen LogP contribution in [0.5, 0.6) is 0 Å². The first-order valence-corrected chi connectivity index (χ1v) is 12.3. The van der Waals surface area contributed by atoms with Crippen LogP contribution < -0.4 is 5.32 Å². The van der Waals surface area contributed by atoms with Crippen LogP contribution in [0, 0.1) is 12.8 Å². The monoisotopic (exact) mass is 472 g/mol. The number of nitrogens with one attached hydrogen (secondary N) is 1. The number of para-hydroxylation sites is 1. The van der Waals surface area contributed by atoms with Crippen molar-refractivity contribution in [3.8, 4) is 5.69 Å². The Kier molecular flexibility index (Phi) is 6.64. The molecule has 1 aliphatic rings. The molecule has 2 aromatic carbocycles. The zero-order chi connectivity index (χ0) is 22.7. The molecule has 0 unspecified atom stereocenters. The van der Waals surface area contributed by atoms with Gasteiger partial charge in [-0.25, -0.2) is 13.4 Å². The van der Waals surface area contributed by atoms with E-state index >= 15 is 0 Å². The van der Waals surface area contributed by atoms with Gasteiger partial charge in [0.05, 0.1) is 10.6 Å². The fourth-order valence-electron chi connectivity index (χ4n) is 3.97. The Balaban J connectivity index is 1.36. The largest absolute Gasteiger partial charge is 0.352 e. The summed E-state index contributed by atoms with van der Waals surface area (Å²) in [7, 11) is -3.58. The van der Waals surface area contributed by atoms with Gasteiger partial charge in [0.25, 0.3) is 0 Å². The van der Waals surface area contributed by atoms with E-state index in [0.29, 0.717) is 37.5 Å². The second-order valence-electron chi connectivity index (χ2n) is 7.82. The Morgan fingerprint density at radius 3 is 2.47 bits per heavy atom. The third-order valence-corrected chi connectivity index (χ3v) is 7.97. The van der Waals surface area contributed by atoms with E-state index in [0.717, 1.165) is 17.1 Å². The molecule has 32 heavy (non-hydrogen) atoms. The van der Waals surface area contributed by atoms with Crippen LogP contribution in [0.3, 0.4) is 0 Å². The first-order valence-electron chi connectivity index (χ1n) is 10.5. The van der Waals surface area contributed by atoms with Crippen molar-refractivity contribution in [1.29, 1.82) is 0 Å². The predicted molar refractivity (Wildman–Crippen MR) is 123 cm³/mol. The third kappa shape index (κ3) is 4.72. The number of piperidine rings is 1. The number of benzene rings is 2. The van der Waals surface area contributed by atoms with E-state index in [-0.39, 0.29) is 16.7 Å². The lowest BCUT2D eigenvalue weighted by atomic mass is 9.97. The molecule has 0 bridgehead atoms. The van der Waals surface area contributed by atoms with Crippen molar-refractivity contribution < 1.29 is 13.2 Å². The number of nitrogens with zero attached hydrogens (tertiary/aromatic N) is 3. The zero-order valence-electron chi connectivity index (χ0n) is 17.7. The molecule has 2 heterocycles. The molecule has 1 aliphatic heterocycles. The van der Waals surface area contributed by atoms with E-state index in [9.17, 15) is 13.2 Å². The summed E-state index contributed by atoms with van der Waals surface area (Å²) < 4.78 is 29.1. The van der Waals surface area contributed by atoms with Crippen LogP contribution in [0.4, 0.5) is 0 Å². The molecule has 4 rings (SSSR count). The molecular formula is C23H25ClN4O3S. The van der Waals surface area contributed by atoms with Crippen molar-refractivity contribution in [2.24, 2.45) is 5.92 Å². The van der Waals surface area contributed by atoms with Gasteiger partial charge in [-0.1, -0.05) is 29.8 Å². The summed E-state index contributed by atoms with van der Waals surface area (Å²) in [6.07, 6.45) is 4.62. The fraction of sp³-hybridized carbons (Fsp3) is 0.304. The van der Waals surface area contributed by atoms with Crippen molar-refractivity contribution >= 4 is 27.5 Å². The molecule has 3 aromatic rings. The lowest BCUT2D eigenvalue weighted by Gasteiger charge is -2.30. The second-order valence-corrected chi connectivity index (χ2v) is 10.2. The molecule has 0 aliphatic carbocycles. The summed E-state index contributed by atoms with van der Waals surface area (Å²) in [6.45, 7) is 2.96. The normalized spacial score (nSPS) is 15.6. The van der Waals surface area contributed by atoms with Gasteiger partial charge in [0.1, 0.15) is 5.82 Å². The highest BCUT2D eigenvalue weighted by atomic mass is 35.5. The van der Waals surface area contributed by atoms with Gasteiger partial charge in [-0.05, 0) is 55.7 Å². The highest BCUT2D eigenvalue weighted by molar-refractivity contribution is 7.89. The van der Waals surface area contributed by atoms with E-state index in [2.05, 4.69) is 10.3 Å². The van der Waals surface area contributed by atoms with Crippen molar-refractivity contribution in [1.82, 2.24) is 19.2 Å². The Labute approximate surface area is 193 Å². The molecule has 1 amide bonds. The van der Waals surface area contributed by atoms with E-state index in [1.807, 2.05) is 42.0 Å². The predicted octanol–water partition coefficient (Wildman–Crippen LogP) is 3.55. The topological polar surface area (TPSA) is 84.3 Å². The van der Waals surface area contributed by atoms with Gasteiger partial charge in [0.15, 0.2) is 0 Å². The Bertz CT molecular complexity index is 1200. The second kappa shape index (κ2) is 9.44. The first kappa shape index (κ1) is 22.5. The number of imidazole rings is 1. The molecule has 1 N–H and O–H groups in total. The molecule has 1 fully saturated rings. The SMILES string of the molecule is Cc1nccn1-c1ccccc1CNC(=O)C1CCN(S(=O)(=O)c2ccc(Cl)cc2)CC1. The van der Waals surface area contributed by atoms with Gasteiger partial charge in [0, 0.05) is 43.0 Å². The number of rotatable bonds is 6. The lowest BCUT2D eigenvalue weighted by molar-refractivity contribution is -0.126. The summed E-state index contributed by atoms with van der Waals surface area (Å²) in [4.78, 5) is 17.3. The summed E-state index contributed by atoms with van der Waals surface area (Å²) in [5.41, 5.74) is 1.97. The number of sulfonamides is 1. The van der Waals surface area contributed by atoms with E-state index in [1.165, 1.54) is 16.4 Å². The van der Waals surface area contributed by atoms with Crippen molar-refractivity contribution in [3.63, 3.8) is 0 Å². The zero-order valence-corrected chi connectivity index (χ0v) is 19.3. The minimum absolute atomic E-state index is 0.0503. The number of aromatic nitrogens is 2. The number of carbonyl (C=O) groups is 1. The van der Waals surface area contributed by atoms with E-state index in [1.54, 1.807) is 18.3 Å². The van der Waals surface area contributed by atoms with Gasteiger partial charge >= 0.3 is 0 Å². The molecule has 1 saturated heterocycles. The van der Waals surface area contributed by atoms with E-state index in [4.69, 9.17) is 11.6 Å². The Hall–Kier alpha value is -2.68. The van der Waals surface area contributed by atoms with Crippen LogP contribution in [-0.4, -0.2) is 41.3 Å². The van der Waals surface area contributed by atoms with Gasteiger partial charge in [-0.15, -0.1) is 0 Å². The molecule has 9 heteroatoms. The third-order valence-electron chi connectivity index (χ3n) is 5.81. The fourth-order valence-corrected chi connectivity index (χ4v) is 5.56. The number of hydrogen-bond donors (Lipinski definition) is 1. The van der Waals surface area contributed by atoms with Crippen LogP contribution in [-0.2, 0) is 21.4 Å². The summed E-state index contributed by atoms with van der Waals surface area (Å²) in [6, 6.07) is 14.0. The molecule has 7 nitrogen and oxygen atoms in total. The van der Waals surface area contributed by atoms with E-state index < -0.39 is 10.0 Å².